The van der Waals surface area contributed by atoms with Gasteiger partial charge in [0.2, 0.25) is 47.3 Å². The molecule has 1 saturated heterocycles. The van der Waals surface area contributed by atoms with Gasteiger partial charge in [-0.25, -0.2) is 13.6 Å². The van der Waals surface area contributed by atoms with Crippen molar-refractivity contribution in [3.05, 3.63) is 100 Å². The number of para-hydroxylation sites is 1. The molecule has 0 spiro atoms. The van der Waals surface area contributed by atoms with Gasteiger partial charge in [0.25, 0.3) is 0 Å². The van der Waals surface area contributed by atoms with E-state index in [1.807, 2.05) is 62.4 Å². The second-order valence-corrected chi connectivity index (χ2v) is 35.4. The maximum atomic E-state index is 18.3. The fourth-order valence-electron chi connectivity index (χ4n) is 18.7. The molecule has 2 aromatic carbocycles. The third kappa shape index (κ3) is 30.8. The van der Waals surface area contributed by atoms with Gasteiger partial charge >= 0.3 is 6.03 Å². The quantitative estimate of drug-likeness (QED) is 0.0302. The number of amides is 10. The van der Waals surface area contributed by atoms with Gasteiger partial charge in [-0.3, -0.25) is 47.9 Å². The third-order valence-electron chi connectivity index (χ3n) is 25.7. The number of ketones is 2. The standard InChI is InChI=1S/C96H142F2N12O23/c1-7-19-86-132-80-59-69-70-58-72(97)71-57-68(111)32-35-93(71,5)95(70,98)78(112)60-94(69,6)96(80,133-86)79(113)61-106-89(119)74(25-18-38-105-92(100)122)108-91(121)88(64(3)4)109-90(120)75(24-16-17-37-103-84(117)63-131-77-27-11-9-10-23-73(87(77)99)101-39-43-125-47-51-129-55-53-127-49-45-123-41-33-82(115)102-36-8-2)107-83(116)34-42-124-46-50-128-54-56-130-52-48-126-44-40-104-81(114)30-31-85(118)110-62-67-22-13-12-20-65(67)28-29-66-21-14-15-26-76(66)110/h12-15,20-22,26,32,35,57,64,69-70,72,74-75,77-78,80,86,88,101,112H,7-11,16-19,23-25,27,30-31,33-34,36-56,58-63,99H2,1-6H3,(H,102,115)(H,103,117)(H,104,114)(H,106,119)(H,107,116)(H,108,121)(H,109,120)(H3,100,105,122)/t69-,70-,72-,74-,75+,77?,78-,80+,86?,88-,93-,94-,95-,96+/m0/s1. The van der Waals surface area contributed by atoms with Crippen LogP contribution in [0.25, 0.3) is 0 Å². The summed E-state index contributed by atoms with van der Waals surface area (Å²) in [6.45, 7) is 15.6. The van der Waals surface area contributed by atoms with E-state index in [0.29, 0.717) is 122 Å². The van der Waals surface area contributed by atoms with Crippen molar-refractivity contribution in [2.24, 2.45) is 40.1 Å². The summed E-state index contributed by atoms with van der Waals surface area (Å²) < 4.78 is 99.2. The van der Waals surface area contributed by atoms with Gasteiger partial charge in [0.15, 0.2) is 29.1 Å². The first-order valence-corrected chi connectivity index (χ1v) is 47.4. The number of fused-ring (bicyclic) bond motifs is 9. The zero-order chi connectivity index (χ0) is 95.8. The van der Waals surface area contributed by atoms with Crippen molar-refractivity contribution in [3.8, 4) is 11.8 Å². The number of ether oxygens (including phenoxy) is 11. The number of urea groups is 1. The Labute approximate surface area is 779 Å². The number of primary amides is 1. The number of carbonyl (C=O) groups excluding carboxylic acids is 11. The molecule has 10 amide bonds. The minimum atomic E-state index is -2.47. The van der Waals surface area contributed by atoms with Gasteiger partial charge in [0.05, 0.1) is 148 Å². The van der Waals surface area contributed by atoms with Crippen LogP contribution in [0.15, 0.2) is 83.7 Å². The van der Waals surface area contributed by atoms with Crippen molar-refractivity contribution < 1.29 is 119 Å². The molecule has 35 nitrogen and oxygen atoms in total. The van der Waals surface area contributed by atoms with E-state index in [-0.39, 0.29) is 160 Å². The molecule has 738 valence electrons. The number of anilines is 1. The predicted octanol–water partition coefficient (Wildman–Crippen LogP) is 5.12. The predicted molar refractivity (Wildman–Crippen MR) is 487 cm³/mol. The van der Waals surface area contributed by atoms with E-state index >= 15 is 13.6 Å². The summed E-state index contributed by atoms with van der Waals surface area (Å²) in [7, 11) is 0. The van der Waals surface area contributed by atoms with Gasteiger partial charge in [-0.15, -0.1) is 0 Å². The zero-order valence-electron chi connectivity index (χ0n) is 78.1. The van der Waals surface area contributed by atoms with Crippen LogP contribution in [0.3, 0.4) is 0 Å². The smallest absolute Gasteiger partial charge is 0.312 e. The number of halogens is 2. The lowest BCUT2D eigenvalue weighted by Gasteiger charge is -2.63. The van der Waals surface area contributed by atoms with Crippen molar-refractivity contribution >= 4 is 70.5 Å². The topological polar surface area (TPSA) is 473 Å². The Kier molecular flexibility index (Phi) is 44.3. The van der Waals surface area contributed by atoms with Crippen LogP contribution in [0.1, 0.15) is 187 Å². The molecule has 14 atom stereocenters. The Morgan fingerprint density at radius 1 is 0.617 bits per heavy atom. The molecule has 0 aromatic heterocycles. The Balaban J connectivity index is 0.737. The first kappa shape index (κ1) is 107. The van der Waals surface area contributed by atoms with E-state index < -0.39 is 149 Å². The summed E-state index contributed by atoms with van der Waals surface area (Å²) in [5, 5.41) is 37.6. The van der Waals surface area contributed by atoms with Crippen molar-refractivity contribution in [1.29, 1.82) is 0 Å². The van der Waals surface area contributed by atoms with Crippen LogP contribution in [0.2, 0.25) is 0 Å². The maximum absolute atomic E-state index is 18.3. The number of nitrogens with zero attached hydrogens (tertiary/aromatic N) is 1. The highest BCUT2D eigenvalue weighted by Crippen LogP contribution is 2.72. The fraction of sp³-hybridized carbons (Fsp3) is 0.677. The summed E-state index contributed by atoms with van der Waals surface area (Å²) in [4.78, 5) is 151. The number of allylic oxidation sites excluding steroid dienone is 5. The summed E-state index contributed by atoms with van der Waals surface area (Å²) in [5.41, 5.74) is 9.12. The van der Waals surface area contributed by atoms with Crippen LogP contribution in [0.4, 0.5) is 19.3 Å². The SMILES string of the molecule is CCCNC(=O)CCOCCOCCOCCOCCNC1=C(N)C(OCC(=O)NCCCC[C@@H](NC(=O)CCOCCOCCOCCOCCNC(=O)CCC(=O)N2Cc3ccccc3C#Cc3ccccc32)C(=O)N[C@H](C(=O)N[C@@H](CCCNC(N)=O)C(=O)NCC(=O)[C@@]23OC(CCC)O[C@@H]2C[C@H]2[C@@H]4C[C@H](F)C5=CC(=O)C=C[C@]5(C)[C@@]4(F)[C@@H](O)C[C@@]23C)C(C)C)CCCCC1. The molecule has 2 heterocycles. The zero-order valence-corrected chi connectivity index (χ0v) is 78.1. The molecule has 3 saturated carbocycles. The van der Waals surface area contributed by atoms with E-state index in [2.05, 4.69) is 59.7 Å². The number of aliphatic hydroxyl groups is 1. The lowest BCUT2D eigenvalue weighted by molar-refractivity contribution is -0.234. The molecule has 133 heavy (non-hydrogen) atoms. The Morgan fingerprint density at radius 2 is 1.21 bits per heavy atom. The van der Waals surface area contributed by atoms with Crippen LogP contribution >= 0.6 is 0 Å². The van der Waals surface area contributed by atoms with Crippen LogP contribution < -0.4 is 64.2 Å². The number of hydrogen-bond donors (Lipinski definition) is 12. The first-order valence-electron chi connectivity index (χ1n) is 47.4. The Morgan fingerprint density at radius 3 is 1.88 bits per heavy atom. The average Bonchev–Trinajstić information content (AvgIpc) is 1.56. The van der Waals surface area contributed by atoms with E-state index in [1.165, 1.54) is 19.1 Å². The summed E-state index contributed by atoms with van der Waals surface area (Å²) in [6.07, 6.45) is 3.47. The van der Waals surface area contributed by atoms with Crippen molar-refractivity contribution in [1.82, 2.24) is 47.9 Å². The second kappa shape index (κ2) is 54.9. The highest BCUT2D eigenvalue weighted by molar-refractivity contribution is 6.02. The van der Waals surface area contributed by atoms with E-state index in [4.69, 9.17) is 63.6 Å². The minimum absolute atomic E-state index is 0.00216. The number of rotatable bonds is 60. The first-order chi connectivity index (χ1) is 64.1. The van der Waals surface area contributed by atoms with Crippen molar-refractivity contribution in [2.75, 3.05) is 156 Å². The van der Waals surface area contributed by atoms with Crippen molar-refractivity contribution in [2.45, 2.75) is 237 Å². The van der Waals surface area contributed by atoms with Crippen LogP contribution in [-0.4, -0.2) is 282 Å². The second-order valence-electron chi connectivity index (χ2n) is 35.4. The van der Waals surface area contributed by atoms with Gasteiger partial charge in [0.1, 0.15) is 30.9 Å². The summed E-state index contributed by atoms with van der Waals surface area (Å²) in [6, 6.07) is 10.3. The summed E-state index contributed by atoms with van der Waals surface area (Å²) in [5.74, 6) is -1.30. The van der Waals surface area contributed by atoms with Gasteiger partial charge in [-0.05, 0) is 144 Å². The molecular weight excluding hydrogens is 1730 g/mol. The third-order valence-corrected chi connectivity index (χ3v) is 25.7. The molecule has 2 aromatic rings. The Bertz CT molecular complexity index is 4340. The highest BCUT2D eigenvalue weighted by atomic mass is 19.1. The lowest BCUT2D eigenvalue weighted by Crippen LogP contribution is -2.71. The molecule has 37 heteroatoms. The number of alkyl halides is 2. The number of benzene rings is 2. The molecule has 14 N–H and O–H groups in total. The highest BCUT2D eigenvalue weighted by Gasteiger charge is 2.80. The number of nitrogens with one attached hydrogen (secondary N) is 9. The van der Waals surface area contributed by atoms with Gasteiger partial charge in [-0.1, -0.05) is 102 Å². The minimum Gasteiger partial charge on any atom is -0.399 e. The fourth-order valence-corrected chi connectivity index (χ4v) is 18.7. The number of aliphatic hydroxyl groups excluding tert-OH is 1. The van der Waals surface area contributed by atoms with Gasteiger partial charge < -0.3 is 121 Å². The monoisotopic (exact) mass is 1870 g/mol. The Hall–Kier alpha value is -9.43. The molecule has 2 aliphatic heterocycles. The van der Waals surface area contributed by atoms with E-state index in [9.17, 15) is 53.1 Å². The molecule has 0 bridgehead atoms. The van der Waals surface area contributed by atoms with Crippen LogP contribution in [0.5, 0.6) is 0 Å². The molecule has 9 rings (SSSR count). The molecule has 2 unspecified atom stereocenters. The number of carbonyl (C=O) groups is 11. The van der Waals surface area contributed by atoms with E-state index in [1.54, 1.807) is 25.7 Å². The van der Waals surface area contributed by atoms with Crippen LogP contribution in [-0.2, 0) is 107 Å². The normalized spacial score (nSPS) is 24.0. The molecule has 4 fully saturated rings. The van der Waals surface area contributed by atoms with Gasteiger partial charge in [0, 0.05) is 92.0 Å². The summed E-state index contributed by atoms with van der Waals surface area (Å²) >= 11 is 0. The number of hydrogen-bond acceptors (Lipinski definition) is 25. The number of Topliss-reactive ketones (excluding diaryl/α,β-unsaturated/α-hetero) is 1. The molecular formula is C96H142F2N12O23. The molecule has 7 aliphatic rings. The molecule has 0 radical (unpaired) electrons. The average molecular weight is 1870 g/mol. The largest absolute Gasteiger partial charge is 0.399 e. The van der Waals surface area contributed by atoms with Crippen molar-refractivity contribution in [3.63, 3.8) is 0 Å². The molecule has 5 aliphatic carbocycles. The van der Waals surface area contributed by atoms with Gasteiger partial charge in [-0.2, -0.15) is 0 Å². The maximum Gasteiger partial charge on any atom is 0.312 e. The van der Waals surface area contributed by atoms with Crippen LogP contribution in [0, 0.1) is 40.4 Å². The number of unbranched alkanes of at least 4 members (excludes halogenated alkanes) is 1. The lowest BCUT2D eigenvalue weighted by atomic mass is 9.44. The number of nitrogens with two attached hydrogens (primary N) is 2. The van der Waals surface area contributed by atoms with E-state index in [0.717, 1.165) is 54.1 Å².